The Balaban J connectivity index is 1.83. The summed E-state index contributed by atoms with van der Waals surface area (Å²) in [4.78, 5) is 25.4. The number of nitrogens with one attached hydrogen (secondary N) is 1. The number of hydrogen-bond acceptors (Lipinski definition) is 6. The molecule has 0 aromatic heterocycles. The van der Waals surface area contributed by atoms with E-state index in [1.165, 1.54) is 0 Å². The van der Waals surface area contributed by atoms with Gasteiger partial charge in [-0.05, 0) is 40.7 Å². The van der Waals surface area contributed by atoms with Gasteiger partial charge in [0.2, 0.25) is 0 Å². The smallest absolute Gasteiger partial charge is 0.410 e. The quantitative estimate of drug-likeness (QED) is 0.764. The second-order valence-corrected chi connectivity index (χ2v) is 6.84. The van der Waals surface area contributed by atoms with Crippen molar-refractivity contribution >= 4 is 12.1 Å². The van der Waals surface area contributed by atoms with Crippen LogP contribution in [0.5, 0.6) is 0 Å². The predicted molar refractivity (Wildman–Crippen MR) is 79.5 cm³/mol. The molecule has 22 heavy (non-hydrogen) atoms. The van der Waals surface area contributed by atoms with Crippen molar-refractivity contribution in [2.45, 2.75) is 51.4 Å². The van der Waals surface area contributed by atoms with Gasteiger partial charge in [0.1, 0.15) is 17.2 Å². The molecule has 0 radical (unpaired) electrons. The molecule has 126 valence electrons. The third-order valence-corrected chi connectivity index (χ3v) is 3.71. The van der Waals surface area contributed by atoms with Crippen LogP contribution in [-0.2, 0) is 19.0 Å². The van der Waals surface area contributed by atoms with Crippen LogP contribution >= 0.6 is 0 Å². The average Bonchev–Trinajstić information content (AvgIpc) is 2.57. The fourth-order valence-electron chi connectivity index (χ4n) is 2.61. The first-order valence-corrected chi connectivity index (χ1v) is 7.77. The molecule has 1 atom stereocenters. The van der Waals surface area contributed by atoms with E-state index < -0.39 is 11.6 Å². The second-order valence-electron chi connectivity index (χ2n) is 6.84. The first-order valence-electron chi connectivity index (χ1n) is 7.77. The molecule has 0 aromatic rings. The largest absolute Gasteiger partial charge is 0.465 e. The number of amides is 1. The van der Waals surface area contributed by atoms with Gasteiger partial charge < -0.3 is 24.4 Å². The predicted octanol–water partition coefficient (Wildman–Crippen LogP) is 0.917. The van der Waals surface area contributed by atoms with E-state index in [0.717, 1.165) is 6.42 Å². The molecule has 0 saturated carbocycles. The van der Waals surface area contributed by atoms with Crippen LogP contribution in [-0.4, -0.2) is 67.1 Å². The first kappa shape index (κ1) is 17.0. The normalized spacial score (nSPS) is 24.4. The minimum atomic E-state index is -0.499. The molecule has 7 nitrogen and oxygen atoms in total. The highest BCUT2D eigenvalue weighted by atomic mass is 16.6. The van der Waals surface area contributed by atoms with Gasteiger partial charge in [-0.3, -0.25) is 4.79 Å². The molecule has 1 amide bonds. The van der Waals surface area contributed by atoms with E-state index in [1.54, 1.807) is 11.8 Å². The lowest BCUT2D eigenvalue weighted by molar-refractivity contribution is -0.156. The van der Waals surface area contributed by atoms with Gasteiger partial charge in [-0.15, -0.1) is 0 Å². The molecule has 2 rings (SSSR count). The summed E-state index contributed by atoms with van der Waals surface area (Å²) in [5.41, 5.74) is -0.869. The molecule has 0 aliphatic carbocycles. The van der Waals surface area contributed by atoms with Crippen molar-refractivity contribution in [3.05, 3.63) is 0 Å². The van der Waals surface area contributed by atoms with Crippen molar-refractivity contribution in [1.29, 1.82) is 0 Å². The molecule has 7 heteroatoms. The topological polar surface area (TPSA) is 77.1 Å². The molecular weight excluding hydrogens is 288 g/mol. The number of carbonyl (C=O) groups excluding carboxylic acids is 2. The van der Waals surface area contributed by atoms with E-state index in [0.29, 0.717) is 26.2 Å². The maximum atomic E-state index is 12.0. The summed E-state index contributed by atoms with van der Waals surface area (Å²) < 4.78 is 16.2. The van der Waals surface area contributed by atoms with E-state index in [4.69, 9.17) is 14.2 Å². The monoisotopic (exact) mass is 314 g/mol. The van der Waals surface area contributed by atoms with Crippen LogP contribution in [0, 0.1) is 0 Å². The molecule has 1 unspecified atom stereocenters. The van der Waals surface area contributed by atoms with Gasteiger partial charge in [-0.1, -0.05) is 0 Å². The van der Waals surface area contributed by atoms with Crippen molar-refractivity contribution in [3.63, 3.8) is 0 Å². The third-order valence-electron chi connectivity index (χ3n) is 3.71. The summed E-state index contributed by atoms with van der Waals surface area (Å²) >= 11 is 0. The van der Waals surface area contributed by atoms with Crippen molar-refractivity contribution in [3.8, 4) is 0 Å². The van der Waals surface area contributed by atoms with Gasteiger partial charge in [0.05, 0.1) is 26.3 Å². The van der Waals surface area contributed by atoms with Crippen molar-refractivity contribution < 1.29 is 23.8 Å². The van der Waals surface area contributed by atoms with Crippen LogP contribution in [0.25, 0.3) is 0 Å². The highest BCUT2D eigenvalue weighted by molar-refractivity contribution is 5.76. The molecule has 0 bridgehead atoms. The van der Waals surface area contributed by atoms with Crippen LogP contribution in [0.15, 0.2) is 0 Å². The molecule has 0 aromatic carbocycles. The number of nitrogens with zero attached hydrogens (tertiary/aromatic N) is 1. The molecule has 2 saturated heterocycles. The summed E-state index contributed by atoms with van der Waals surface area (Å²) in [6.07, 6.45) is 0.434. The summed E-state index contributed by atoms with van der Waals surface area (Å²) in [5, 5.41) is 3.14. The van der Waals surface area contributed by atoms with E-state index in [2.05, 4.69) is 5.32 Å². The third kappa shape index (κ3) is 4.10. The Bertz CT molecular complexity index is 426. The standard InChI is InChI=1S/C15H26N2O5/c1-5-20-12(18)11-8-21-15(6-7-16-11)9-17(10-15)13(19)22-14(2,3)4/h11,16H,5-10H2,1-4H3. The zero-order valence-electron chi connectivity index (χ0n) is 13.8. The number of hydrogen-bond donors (Lipinski definition) is 1. The number of esters is 1. The number of ether oxygens (including phenoxy) is 3. The summed E-state index contributed by atoms with van der Waals surface area (Å²) in [6, 6.07) is -0.435. The Hall–Kier alpha value is -1.34. The lowest BCUT2D eigenvalue weighted by atomic mass is 9.90. The Labute approximate surface area is 131 Å². The Morgan fingerprint density at radius 3 is 2.64 bits per heavy atom. The van der Waals surface area contributed by atoms with E-state index in [9.17, 15) is 9.59 Å². The lowest BCUT2D eigenvalue weighted by Gasteiger charge is -2.48. The zero-order chi connectivity index (χ0) is 16.4. The van der Waals surface area contributed by atoms with Crippen molar-refractivity contribution in [2.75, 3.05) is 32.8 Å². The maximum absolute atomic E-state index is 12.0. The molecule has 2 heterocycles. The SMILES string of the molecule is CCOC(=O)C1COC2(CCN1)CN(C(=O)OC(C)(C)C)C2. The fourth-order valence-corrected chi connectivity index (χ4v) is 2.61. The van der Waals surface area contributed by atoms with Gasteiger partial charge in [-0.25, -0.2) is 4.79 Å². The molecule has 2 aliphatic rings. The van der Waals surface area contributed by atoms with Crippen molar-refractivity contribution in [1.82, 2.24) is 10.2 Å². The number of carbonyl (C=O) groups is 2. The summed E-state index contributed by atoms with van der Waals surface area (Å²) in [7, 11) is 0. The molecule has 2 aliphatic heterocycles. The summed E-state index contributed by atoms with van der Waals surface area (Å²) in [6.45, 7) is 9.59. The maximum Gasteiger partial charge on any atom is 0.410 e. The molecule has 2 fully saturated rings. The van der Waals surface area contributed by atoms with Crippen LogP contribution in [0.1, 0.15) is 34.1 Å². The van der Waals surface area contributed by atoms with Gasteiger partial charge >= 0.3 is 12.1 Å². The van der Waals surface area contributed by atoms with Gasteiger partial charge in [0.25, 0.3) is 0 Å². The van der Waals surface area contributed by atoms with Crippen molar-refractivity contribution in [2.24, 2.45) is 0 Å². The Morgan fingerprint density at radius 2 is 2.05 bits per heavy atom. The van der Waals surface area contributed by atoms with Crippen LogP contribution < -0.4 is 5.32 Å². The molecule has 1 N–H and O–H groups in total. The number of likely N-dealkylation sites (tertiary alicyclic amines) is 1. The highest BCUT2D eigenvalue weighted by Gasteiger charge is 2.49. The second kappa shape index (κ2) is 6.42. The average molecular weight is 314 g/mol. The minimum Gasteiger partial charge on any atom is -0.465 e. The Morgan fingerprint density at radius 1 is 1.36 bits per heavy atom. The van der Waals surface area contributed by atoms with E-state index in [1.807, 2.05) is 20.8 Å². The van der Waals surface area contributed by atoms with E-state index >= 15 is 0 Å². The van der Waals surface area contributed by atoms with Gasteiger partial charge in [-0.2, -0.15) is 0 Å². The zero-order valence-corrected chi connectivity index (χ0v) is 13.8. The molecular formula is C15H26N2O5. The Kier molecular flexibility index (Phi) is 4.97. The molecule has 1 spiro atoms. The van der Waals surface area contributed by atoms with Crippen LogP contribution in [0.4, 0.5) is 4.79 Å². The summed E-state index contributed by atoms with van der Waals surface area (Å²) in [5.74, 6) is -0.289. The highest BCUT2D eigenvalue weighted by Crippen LogP contribution is 2.31. The van der Waals surface area contributed by atoms with Gasteiger partial charge in [0.15, 0.2) is 0 Å². The van der Waals surface area contributed by atoms with Crippen LogP contribution in [0.2, 0.25) is 0 Å². The van der Waals surface area contributed by atoms with E-state index in [-0.39, 0.29) is 24.3 Å². The fraction of sp³-hybridized carbons (Fsp3) is 0.867. The minimum absolute atomic E-state index is 0.265. The van der Waals surface area contributed by atoms with Gasteiger partial charge in [0, 0.05) is 0 Å². The lowest BCUT2D eigenvalue weighted by Crippen LogP contribution is -2.65. The van der Waals surface area contributed by atoms with Crippen LogP contribution in [0.3, 0.4) is 0 Å². The number of rotatable bonds is 2. The first-order chi connectivity index (χ1) is 10.2.